The minimum atomic E-state index is 0.289. The van der Waals surface area contributed by atoms with Gasteiger partial charge >= 0.3 is 0 Å². The first-order valence-electron chi connectivity index (χ1n) is 5.02. The molecule has 0 aliphatic carbocycles. The average molecular weight is 196 g/mol. The van der Waals surface area contributed by atoms with Crippen molar-refractivity contribution in [3.05, 3.63) is 11.9 Å². The lowest BCUT2D eigenvalue weighted by Crippen LogP contribution is -2.16. The van der Waals surface area contributed by atoms with Crippen LogP contribution in [0.1, 0.15) is 25.5 Å². The fraction of sp³-hybridized carbons (Fsp3) is 0.778. The van der Waals surface area contributed by atoms with E-state index in [1.165, 1.54) is 0 Å². The standard InChI is InChI=1S/C9H16N4O/c1-7-2-3-9(14-7)6-13-5-8(4-10)11-12-13/h5,7,9H,2-4,6,10H2,1H3. The molecule has 1 aliphatic heterocycles. The van der Waals surface area contributed by atoms with Crippen LogP contribution < -0.4 is 5.73 Å². The van der Waals surface area contributed by atoms with Gasteiger partial charge in [-0.05, 0) is 19.8 Å². The third kappa shape index (κ3) is 2.10. The van der Waals surface area contributed by atoms with Gasteiger partial charge in [-0.3, -0.25) is 0 Å². The number of hydrogen-bond acceptors (Lipinski definition) is 4. The molecule has 5 heteroatoms. The minimum Gasteiger partial charge on any atom is -0.373 e. The van der Waals surface area contributed by atoms with Crippen LogP contribution in [0.15, 0.2) is 6.20 Å². The van der Waals surface area contributed by atoms with Crippen LogP contribution in [-0.2, 0) is 17.8 Å². The predicted molar refractivity (Wildman–Crippen MR) is 51.5 cm³/mol. The molecule has 14 heavy (non-hydrogen) atoms. The second-order valence-corrected chi connectivity index (χ2v) is 3.78. The topological polar surface area (TPSA) is 66.0 Å². The molecule has 2 N–H and O–H groups in total. The molecule has 2 rings (SSSR count). The zero-order chi connectivity index (χ0) is 9.97. The Hall–Kier alpha value is -0.940. The Balaban J connectivity index is 1.90. The minimum absolute atomic E-state index is 0.289. The van der Waals surface area contributed by atoms with Crippen molar-refractivity contribution >= 4 is 0 Å². The summed E-state index contributed by atoms with van der Waals surface area (Å²) in [5.41, 5.74) is 6.28. The van der Waals surface area contributed by atoms with Gasteiger partial charge in [-0.1, -0.05) is 5.21 Å². The van der Waals surface area contributed by atoms with Crippen LogP contribution in [-0.4, -0.2) is 27.2 Å². The Morgan fingerprint density at radius 2 is 2.50 bits per heavy atom. The molecular weight excluding hydrogens is 180 g/mol. The van der Waals surface area contributed by atoms with Gasteiger partial charge in [-0.15, -0.1) is 5.10 Å². The van der Waals surface area contributed by atoms with E-state index in [2.05, 4.69) is 17.2 Å². The van der Waals surface area contributed by atoms with Crippen molar-refractivity contribution in [2.24, 2.45) is 5.73 Å². The fourth-order valence-electron chi connectivity index (χ4n) is 1.75. The lowest BCUT2D eigenvalue weighted by Gasteiger charge is -2.09. The third-order valence-electron chi connectivity index (χ3n) is 2.51. The van der Waals surface area contributed by atoms with Crippen LogP contribution in [0, 0.1) is 0 Å². The summed E-state index contributed by atoms with van der Waals surface area (Å²) in [5, 5.41) is 7.91. The van der Waals surface area contributed by atoms with Crippen molar-refractivity contribution in [2.45, 2.75) is 45.1 Å². The molecular formula is C9H16N4O. The lowest BCUT2D eigenvalue weighted by atomic mass is 10.2. The molecule has 0 aromatic carbocycles. The quantitative estimate of drug-likeness (QED) is 0.755. The summed E-state index contributed by atoms with van der Waals surface area (Å²) in [6, 6.07) is 0. The Kier molecular flexibility index (Phi) is 2.79. The summed E-state index contributed by atoms with van der Waals surface area (Å²) in [6.07, 6.45) is 4.81. The van der Waals surface area contributed by atoms with Crippen LogP contribution in [0.25, 0.3) is 0 Å². The maximum atomic E-state index is 5.69. The van der Waals surface area contributed by atoms with E-state index >= 15 is 0 Å². The highest BCUT2D eigenvalue weighted by Gasteiger charge is 2.22. The molecule has 2 heterocycles. The highest BCUT2D eigenvalue weighted by Crippen LogP contribution is 2.19. The Labute approximate surface area is 83.2 Å². The summed E-state index contributed by atoms with van der Waals surface area (Å²) in [6.45, 7) is 3.34. The Bertz CT molecular complexity index is 299. The molecule has 1 saturated heterocycles. The molecule has 1 aliphatic rings. The van der Waals surface area contributed by atoms with E-state index < -0.39 is 0 Å². The van der Waals surface area contributed by atoms with Crippen LogP contribution in [0.2, 0.25) is 0 Å². The first kappa shape index (κ1) is 9.61. The number of hydrogen-bond donors (Lipinski definition) is 1. The van der Waals surface area contributed by atoms with Crippen molar-refractivity contribution in [3.8, 4) is 0 Å². The van der Waals surface area contributed by atoms with Crippen molar-refractivity contribution < 1.29 is 4.74 Å². The van der Waals surface area contributed by atoms with Crippen LogP contribution in [0.5, 0.6) is 0 Å². The largest absolute Gasteiger partial charge is 0.373 e. The molecule has 2 atom stereocenters. The maximum absolute atomic E-state index is 5.69. The van der Waals surface area contributed by atoms with E-state index in [0.717, 1.165) is 25.1 Å². The van der Waals surface area contributed by atoms with Gasteiger partial charge in [0.2, 0.25) is 0 Å². The third-order valence-corrected chi connectivity index (χ3v) is 2.51. The first-order valence-corrected chi connectivity index (χ1v) is 5.02. The fourth-order valence-corrected chi connectivity index (χ4v) is 1.75. The SMILES string of the molecule is CC1CCC(Cn2cc(CN)nn2)O1. The second kappa shape index (κ2) is 4.06. The zero-order valence-electron chi connectivity index (χ0n) is 8.39. The summed E-state index contributed by atoms with van der Waals surface area (Å²) < 4.78 is 7.50. The smallest absolute Gasteiger partial charge is 0.0962 e. The van der Waals surface area contributed by atoms with Crippen molar-refractivity contribution in [3.63, 3.8) is 0 Å². The van der Waals surface area contributed by atoms with Crippen molar-refractivity contribution in [2.75, 3.05) is 0 Å². The van der Waals surface area contributed by atoms with E-state index in [4.69, 9.17) is 10.5 Å². The number of aromatic nitrogens is 3. The Morgan fingerprint density at radius 1 is 1.64 bits per heavy atom. The van der Waals surface area contributed by atoms with E-state index in [1.807, 2.05) is 10.9 Å². The van der Waals surface area contributed by atoms with Gasteiger partial charge in [-0.2, -0.15) is 0 Å². The Morgan fingerprint density at radius 3 is 3.07 bits per heavy atom. The molecule has 2 unspecified atom stereocenters. The monoisotopic (exact) mass is 196 g/mol. The van der Waals surface area contributed by atoms with Crippen molar-refractivity contribution in [1.29, 1.82) is 0 Å². The van der Waals surface area contributed by atoms with Gasteiger partial charge in [0.05, 0.1) is 24.4 Å². The molecule has 5 nitrogen and oxygen atoms in total. The van der Waals surface area contributed by atoms with Crippen LogP contribution >= 0.6 is 0 Å². The molecule has 0 amide bonds. The van der Waals surface area contributed by atoms with E-state index in [1.54, 1.807) is 0 Å². The molecule has 78 valence electrons. The van der Waals surface area contributed by atoms with Crippen LogP contribution in [0.4, 0.5) is 0 Å². The molecule has 0 radical (unpaired) electrons. The number of nitrogens with zero attached hydrogens (tertiary/aromatic N) is 3. The van der Waals surface area contributed by atoms with Gasteiger partial charge in [0.15, 0.2) is 0 Å². The highest BCUT2D eigenvalue weighted by atomic mass is 16.5. The van der Waals surface area contributed by atoms with E-state index in [0.29, 0.717) is 12.6 Å². The van der Waals surface area contributed by atoms with E-state index in [-0.39, 0.29) is 6.10 Å². The highest BCUT2D eigenvalue weighted by molar-refractivity contribution is 4.90. The number of nitrogens with two attached hydrogens (primary N) is 1. The molecule has 1 aromatic rings. The zero-order valence-corrected chi connectivity index (χ0v) is 8.39. The van der Waals surface area contributed by atoms with Gasteiger partial charge in [0.1, 0.15) is 0 Å². The average Bonchev–Trinajstić information content (AvgIpc) is 2.76. The van der Waals surface area contributed by atoms with Gasteiger partial charge < -0.3 is 10.5 Å². The van der Waals surface area contributed by atoms with Gasteiger partial charge in [-0.25, -0.2) is 4.68 Å². The molecule has 0 bridgehead atoms. The van der Waals surface area contributed by atoms with Crippen molar-refractivity contribution in [1.82, 2.24) is 15.0 Å². The normalized spacial score (nSPS) is 27.0. The predicted octanol–water partition coefficient (Wildman–Crippen LogP) is 0.304. The maximum Gasteiger partial charge on any atom is 0.0962 e. The summed E-state index contributed by atoms with van der Waals surface area (Å²) in [4.78, 5) is 0. The summed E-state index contributed by atoms with van der Waals surface area (Å²) >= 11 is 0. The second-order valence-electron chi connectivity index (χ2n) is 3.78. The number of rotatable bonds is 3. The lowest BCUT2D eigenvalue weighted by molar-refractivity contribution is 0.0434. The number of ether oxygens (including phenoxy) is 1. The molecule has 1 aromatic heterocycles. The van der Waals surface area contributed by atoms with Gasteiger partial charge in [0.25, 0.3) is 0 Å². The molecule has 0 saturated carbocycles. The van der Waals surface area contributed by atoms with Crippen LogP contribution in [0.3, 0.4) is 0 Å². The summed E-state index contributed by atoms with van der Waals surface area (Å²) in [5.74, 6) is 0. The first-order chi connectivity index (χ1) is 6.78. The summed E-state index contributed by atoms with van der Waals surface area (Å²) in [7, 11) is 0. The van der Waals surface area contributed by atoms with Gasteiger partial charge in [0, 0.05) is 12.7 Å². The van der Waals surface area contributed by atoms with E-state index in [9.17, 15) is 0 Å². The molecule has 0 spiro atoms. The molecule has 1 fully saturated rings.